The fraction of sp³-hybridized carbons (Fsp3) is 0.750. The maximum Gasteiger partial charge on any atom is 0.160 e. The van der Waals surface area contributed by atoms with Gasteiger partial charge in [-0.3, -0.25) is 4.68 Å². The molecule has 2 aliphatic carbocycles. The molecule has 2 atom stereocenters. The van der Waals surface area contributed by atoms with E-state index in [1.807, 2.05) is 17.8 Å². The van der Waals surface area contributed by atoms with Gasteiger partial charge in [-0.25, -0.2) is 0 Å². The number of hydrogen-bond acceptors (Lipinski definition) is 3. The molecule has 0 unspecified atom stereocenters. The Morgan fingerprint density at radius 1 is 1.44 bits per heavy atom. The lowest BCUT2D eigenvalue weighted by atomic mass is 9.83. The van der Waals surface area contributed by atoms with Gasteiger partial charge in [-0.1, -0.05) is 0 Å². The molecule has 2 fully saturated rings. The normalized spacial score (nSPS) is 28.9. The van der Waals surface area contributed by atoms with Gasteiger partial charge >= 0.3 is 0 Å². The van der Waals surface area contributed by atoms with E-state index in [0.29, 0.717) is 18.6 Å². The smallest absolute Gasteiger partial charge is 0.160 e. The molecule has 1 heterocycles. The highest BCUT2D eigenvalue weighted by Gasteiger charge is 2.30. The van der Waals surface area contributed by atoms with Gasteiger partial charge in [0.05, 0.1) is 24.9 Å². The monoisotopic (exact) mass is 222 g/mol. The maximum absolute atomic E-state index is 9.46. The van der Waals surface area contributed by atoms with Crippen LogP contribution in [-0.4, -0.2) is 27.6 Å². The molecule has 1 N–H and O–H groups in total. The van der Waals surface area contributed by atoms with Crippen molar-refractivity contribution in [2.75, 3.05) is 6.61 Å². The second kappa shape index (κ2) is 3.77. The lowest BCUT2D eigenvalue weighted by Crippen LogP contribution is -2.35. The van der Waals surface area contributed by atoms with Gasteiger partial charge in [-0.15, -0.1) is 0 Å². The first kappa shape index (κ1) is 10.1. The van der Waals surface area contributed by atoms with Gasteiger partial charge in [0, 0.05) is 5.92 Å². The standard InChI is InChI=1S/C12H18N2O2/c1-8-12(6-14(13-8)10-3-4-10)16-7-9-2-5-11(9)15/h6,9-11,15H,2-5,7H2,1H3/t9-,11+/m0/s1. The minimum absolute atomic E-state index is 0.154. The third kappa shape index (κ3) is 1.82. The lowest BCUT2D eigenvalue weighted by Gasteiger charge is -2.31. The van der Waals surface area contributed by atoms with Crippen LogP contribution in [0.5, 0.6) is 5.75 Å². The number of aliphatic hydroxyl groups is 1. The van der Waals surface area contributed by atoms with Crippen LogP contribution in [0.25, 0.3) is 0 Å². The van der Waals surface area contributed by atoms with Crippen LogP contribution in [0.2, 0.25) is 0 Å². The minimum Gasteiger partial charge on any atom is -0.490 e. The van der Waals surface area contributed by atoms with Crippen molar-refractivity contribution in [3.63, 3.8) is 0 Å². The third-order valence-corrected chi connectivity index (χ3v) is 3.62. The van der Waals surface area contributed by atoms with Crippen LogP contribution in [0.4, 0.5) is 0 Å². The maximum atomic E-state index is 9.46. The Morgan fingerprint density at radius 3 is 2.81 bits per heavy atom. The number of rotatable bonds is 4. The first-order valence-electron chi connectivity index (χ1n) is 6.10. The Labute approximate surface area is 95.2 Å². The summed E-state index contributed by atoms with van der Waals surface area (Å²) in [6.07, 6.45) is 6.33. The third-order valence-electron chi connectivity index (χ3n) is 3.62. The molecule has 0 radical (unpaired) electrons. The fourth-order valence-corrected chi connectivity index (χ4v) is 2.08. The Hall–Kier alpha value is -1.03. The molecule has 0 amide bonds. The Kier molecular flexibility index (Phi) is 2.39. The SMILES string of the molecule is Cc1nn(C2CC2)cc1OC[C@@H]1CC[C@H]1O. The van der Waals surface area contributed by atoms with Crippen molar-refractivity contribution in [3.05, 3.63) is 11.9 Å². The molecule has 16 heavy (non-hydrogen) atoms. The molecule has 2 saturated carbocycles. The summed E-state index contributed by atoms with van der Waals surface area (Å²) in [6, 6.07) is 0.602. The van der Waals surface area contributed by atoms with E-state index in [1.165, 1.54) is 12.8 Å². The number of aliphatic hydroxyl groups excluding tert-OH is 1. The summed E-state index contributed by atoms with van der Waals surface area (Å²) < 4.78 is 7.74. The zero-order chi connectivity index (χ0) is 11.1. The van der Waals surface area contributed by atoms with Gasteiger partial charge in [0.25, 0.3) is 0 Å². The van der Waals surface area contributed by atoms with Gasteiger partial charge in [0.1, 0.15) is 5.69 Å². The van der Waals surface area contributed by atoms with Crippen molar-refractivity contribution < 1.29 is 9.84 Å². The highest BCUT2D eigenvalue weighted by Crippen LogP contribution is 2.36. The van der Waals surface area contributed by atoms with Gasteiger partial charge in [0.15, 0.2) is 5.75 Å². The predicted octanol–water partition coefficient (Wildman–Crippen LogP) is 1.68. The largest absolute Gasteiger partial charge is 0.490 e. The lowest BCUT2D eigenvalue weighted by molar-refractivity contribution is -0.00146. The summed E-state index contributed by atoms with van der Waals surface area (Å²) in [4.78, 5) is 0. The Bertz CT molecular complexity index is 384. The highest BCUT2D eigenvalue weighted by atomic mass is 16.5. The summed E-state index contributed by atoms with van der Waals surface area (Å²) >= 11 is 0. The van der Waals surface area contributed by atoms with Crippen LogP contribution < -0.4 is 4.74 Å². The van der Waals surface area contributed by atoms with E-state index in [-0.39, 0.29) is 6.10 Å². The van der Waals surface area contributed by atoms with Gasteiger partial charge in [-0.05, 0) is 32.6 Å². The first-order chi connectivity index (χ1) is 7.74. The Morgan fingerprint density at radius 2 is 2.25 bits per heavy atom. The van der Waals surface area contributed by atoms with E-state index in [1.54, 1.807) is 0 Å². The molecule has 1 aromatic rings. The van der Waals surface area contributed by atoms with Crippen LogP contribution in [-0.2, 0) is 0 Å². The molecule has 0 aliphatic heterocycles. The van der Waals surface area contributed by atoms with Gasteiger partial charge in [-0.2, -0.15) is 5.10 Å². The summed E-state index contributed by atoms with van der Waals surface area (Å²) in [5.74, 6) is 1.20. The molecule has 88 valence electrons. The quantitative estimate of drug-likeness (QED) is 0.843. The molecule has 3 rings (SSSR count). The molecule has 1 aromatic heterocycles. The molecule has 0 spiro atoms. The fourth-order valence-electron chi connectivity index (χ4n) is 2.08. The van der Waals surface area contributed by atoms with E-state index in [9.17, 15) is 5.11 Å². The topological polar surface area (TPSA) is 47.3 Å². The van der Waals surface area contributed by atoms with Crippen molar-refractivity contribution in [1.82, 2.24) is 9.78 Å². The molecule has 0 aromatic carbocycles. The summed E-state index contributed by atoms with van der Waals surface area (Å²) in [5, 5.41) is 13.9. The molecular formula is C12H18N2O2. The summed E-state index contributed by atoms with van der Waals surface area (Å²) in [6.45, 7) is 2.60. The van der Waals surface area contributed by atoms with Crippen LogP contribution in [0, 0.1) is 12.8 Å². The molecule has 4 nitrogen and oxygen atoms in total. The van der Waals surface area contributed by atoms with E-state index >= 15 is 0 Å². The number of aromatic nitrogens is 2. The minimum atomic E-state index is -0.154. The molecule has 0 saturated heterocycles. The summed E-state index contributed by atoms with van der Waals surface area (Å²) in [5.41, 5.74) is 0.959. The number of aryl methyl sites for hydroxylation is 1. The molecule has 4 heteroatoms. The predicted molar refractivity (Wildman–Crippen MR) is 59.5 cm³/mol. The van der Waals surface area contributed by atoms with Gasteiger partial charge < -0.3 is 9.84 Å². The van der Waals surface area contributed by atoms with Crippen molar-refractivity contribution in [2.24, 2.45) is 5.92 Å². The van der Waals surface area contributed by atoms with Crippen LogP contribution in [0.3, 0.4) is 0 Å². The average Bonchev–Trinajstić information content (AvgIpc) is 3.03. The second-order valence-electron chi connectivity index (χ2n) is 5.01. The van der Waals surface area contributed by atoms with Crippen molar-refractivity contribution in [1.29, 1.82) is 0 Å². The number of hydrogen-bond donors (Lipinski definition) is 1. The number of nitrogens with zero attached hydrogens (tertiary/aromatic N) is 2. The van der Waals surface area contributed by atoms with Crippen molar-refractivity contribution in [3.8, 4) is 5.75 Å². The average molecular weight is 222 g/mol. The van der Waals surface area contributed by atoms with E-state index < -0.39 is 0 Å². The van der Waals surface area contributed by atoms with Gasteiger partial charge in [0.2, 0.25) is 0 Å². The van der Waals surface area contributed by atoms with Crippen LogP contribution in [0.15, 0.2) is 6.20 Å². The molecule has 0 bridgehead atoms. The van der Waals surface area contributed by atoms with Crippen molar-refractivity contribution in [2.45, 2.75) is 44.8 Å². The second-order valence-corrected chi connectivity index (χ2v) is 5.01. The summed E-state index contributed by atoms with van der Waals surface area (Å²) in [7, 11) is 0. The van der Waals surface area contributed by atoms with E-state index in [4.69, 9.17) is 4.74 Å². The van der Waals surface area contributed by atoms with Crippen molar-refractivity contribution >= 4 is 0 Å². The van der Waals surface area contributed by atoms with E-state index in [2.05, 4.69) is 5.10 Å². The number of ether oxygens (including phenoxy) is 1. The Balaban J connectivity index is 1.60. The zero-order valence-corrected chi connectivity index (χ0v) is 9.59. The first-order valence-corrected chi connectivity index (χ1v) is 6.10. The van der Waals surface area contributed by atoms with Crippen LogP contribution >= 0.6 is 0 Å². The highest BCUT2D eigenvalue weighted by molar-refractivity contribution is 5.23. The molecular weight excluding hydrogens is 204 g/mol. The van der Waals surface area contributed by atoms with Crippen LogP contribution in [0.1, 0.15) is 37.4 Å². The van der Waals surface area contributed by atoms with E-state index in [0.717, 1.165) is 24.3 Å². The molecule has 2 aliphatic rings. The zero-order valence-electron chi connectivity index (χ0n) is 9.59.